The molecule has 0 spiro atoms. The van der Waals surface area contributed by atoms with Gasteiger partial charge in [0.25, 0.3) is 0 Å². The van der Waals surface area contributed by atoms with Gasteiger partial charge < -0.3 is 15.5 Å². The number of hydrogen-bond acceptors (Lipinski definition) is 3. The van der Waals surface area contributed by atoms with Crippen LogP contribution in [0.4, 0.5) is 21.9 Å². The van der Waals surface area contributed by atoms with Crippen molar-refractivity contribution < 1.29 is 4.79 Å². The molecule has 118 valence electrons. The van der Waals surface area contributed by atoms with Gasteiger partial charge in [-0.05, 0) is 62.4 Å². The van der Waals surface area contributed by atoms with Crippen LogP contribution in [0.1, 0.15) is 19.4 Å². The Hall–Kier alpha value is -3.00. The lowest BCUT2D eigenvalue weighted by atomic mass is 10.2. The molecule has 5 heteroatoms. The number of urea groups is 1. The van der Waals surface area contributed by atoms with Crippen LogP contribution in [0.5, 0.6) is 0 Å². The lowest BCUT2D eigenvalue weighted by Crippen LogP contribution is -2.22. The minimum Gasteiger partial charge on any atom is -0.372 e. The van der Waals surface area contributed by atoms with Gasteiger partial charge in [-0.2, -0.15) is 5.26 Å². The number of rotatable bonds is 5. The van der Waals surface area contributed by atoms with E-state index in [-0.39, 0.29) is 6.03 Å². The Morgan fingerprint density at radius 2 is 1.43 bits per heavy atom. The summed E-state index contributed by atoms with van der Waals surface area (Å²) >= 11 is 0. The molecular weight excluding hydrogens is 288 g/mol. The predicted octanol–water partition coefficient (Wildman–Crippen LogP) is 4.05. The SMILES string of the molecule is CCN(CC)c1ccc(NC(=O)Nc2ccc(C#N)cc2)cc1. The Morgan fingerprint density at radius 3 is 1.87 bits per heavy atom. The molecule has 0 saturated heterocycles. The number of anilines is 3. The molecule has 0 radical (unpaired) electrons. The summed E-state index contributed by atoms with van der Waals surface area (Å²) in [7, 11) is 0. The van der Waals surface area contributed by atoms with Gasteiger partial charge in [0.1, 0.15) is 0 Å². The van der Waals surface area contributed by atoms with Crippen molar-refractivity contribution in [1.29, 1.82) is 5.26 Å². The highest BCUT2D eigenvalue weighted by Crippen LogP contribution is 2.18. The maximum atomic E-state index is 12.0. The molecule has 0 saturated carbocycles. The van der Waals surface area contributed by atoms with Crippen molar-refractivity contribution in [1.82, 2.24) is 0 Å². The fourth-order valence-electron chi connectivity index (χ4n) is 2.27. The number of carbonyl (C=O) groups excluding carboxylic acids is 1. The second-order valence-corrected chi connectivity index (χ2v) is 4.99. The Bertz CT molecular complexity index is 682. The molecule has 5 nitrogen and oxygen atoms in total. The van der Waals surface area contributed by atoms with Gasteiger partial charge in [0.15, 0.2) is 0 Å². The Labute approximate surface area is 136 Å². The molecule has 0 heterocycles. The van der Waals surface area contributed by atoms with Crippen LogP contribution < -0.4 is 15.5 Å². The normalized spacial score (nSPS) is 9.78. The standard InChI is InChI=1S/C18H20N4O/c1-3-22(4-2)17-11-9-16(10-12-17)21-18(23)20-15-7-5-14(13-19)6-8-15/h5-12H,3-4H2,1-2H3,(H2,20,21,23). The van der Waals surface area contributed by atoms with Crippen LogP contribution in [0.2, 0.25) is 0 Å². The van der Waals surface area contributed by atoms with E-state index in [1.54, 1.807) is 24.3 Å². The van der Waals surface area contributed by atoms with Crippen LogP contribution in [0.25, 0.3) is 0 Å². The van der Waals surface area contributed by atoms with Gasteiger partial charge in [0, 0.05) is 30.2 Å². The molecule has 0 bridgehead atoms. The predicted molar refractivity (Wildman–Crippen MR) is 93.8 cm³/mol. The Kier molecular flexibility index (Phi) is 5.59. The Morgan fingerprint density at radius 1 is 0.957 bits per heavy atom. The smallest absolute Gasteiger partial charge is 0.323 e. The molecule has 2 N–H and O–H groups in total. The zero-order valence-electron chi connectivity index (χ0n) is 13.3. The summed E-state index contributed by atoms with van der Waals surface area (Å²) in [4.78, 5) is 14.2. The quantitative estimate of drug-likeness (QED) is 0.875. The van der Waals surface area contributed by atoms with Crippen molar-refractivity contribution in [2.45, 2.75) is 13.8 Å². The summed E-state index contributed by atoms with van der Waals surface area (Å²) in [6.07, 6.45) is 0. The van der Waals surface area contributed by atoms with Gasteiger partial charge in [-0.25, -0.2) is 4.79 Å². The van der Waals surface area contributed by atoms with E-state index in [2.05, 4.69) is 29.4 Å². The molecule has 0 aromatic heterocycles. The third-order valence-electron chi connectivity index (χ3n) is 3.53. The summed E-state index contributed by atoms with van der Waals surface area (Å²) in [5, 5.41) is 14.3. The molecule has 0 aliphatic carbocycles. The number of nitrogens with zero attached hydrogens (tertiary/aromatic N) is 2. The second-order valence-electron chi connectivity index (χ2n) is 4.99. The first-order valence-electron chi connectivity index (χ1n) is 7.59. The number of amides is 2. The molecule has 0 aliphatic rings. The molecule has 0 unspecified atom stereocenters. The maximum Gasteiger partial charge on any atom is 0.323 e. The van der Waals surface area contributed by atoms with Crippen LogP contribution in [0, 0.1) is 11.3 Å². The van der Waals surface area contributed by atoms with Gasteiger partial charge in [0.05, 0.1) is 11.6 Å². The third-order valence-corrected chi connectivity index (χ3v) is 3.53. The molecule has 2 rings (SSSR count). The molecule has 0 fully saturated rings. The summed E-state index contributed by atoms with van der Waals surface area (Å²) < 4.78 is 0. The first kappa shape index (κ1) is 16.4. The zero-order chi connectivity index (χ0) is 16.7. The van der Waals surface area contributed by atoms with E-state index < -0.39 is 0 Å². The van der Waals surface area contributed by atoms with E-state index in [4.69, 9.17) is 5.26 Å². The Balaban J connectivity index is 1.95. The lowest BCUT2D eigenvalue weighted by Gasteiger charge is -2.21. The van der Waals surface area contributed by atoms with Crippen LogP contribution in [-0.2, 0) is 0 Å². The summed E-state index contributed by atoms with van der Waals surface area (Å²) in [5.74, 6) is 0. The van der Waals surface area contributed by atoms with Gasteiger partial charge in [0.2, 0.25) is 0 Å². The van der Waals surface area contributed by atoms with Gasteiger partial charge >= 0.3 is 6.03 Å². The van der Waals surface area contributed by atoms with E-state index in [1.807, 2.05) is 30.3 Å². The van der Waals surface area contributed by atoms with Crippen molar-refractivity contribution in [3.63, 3.8) is 0 Å². The highest BCUT2D eigenvalue weighted by Gasteiger charge is 2.05. The number of carbonyl (C=O) groups is 1. The fourth-order valence-corrected chi connectivity index (χ4v) is 2.27. The first-order valence-corrected chi connectivity index (χ1v) is 7.59. The first-order chi connectivity index (χ1) is 11.2. The highest BCUT2D eigenvalue weighted by molar-refractivity contribution is 5.99. The van der Waals surface area contributed by atoms with Gasteiger partial charge in [-0.15, -0.1) is 0 Å². The fraction of sp³-hybridized carbons (Fsp3) is 0.222. The molecule has 0 atom stereocenters. The van der Waals surface area contributed by atoms with Crippen LogP contribution in [-0.4, -0.2) is 19.1 Å². The number of nitrogens with one attached hydrogen (secondary N) is 2. The summed E-state index contributed by atoms with van der Waals surface area (Å²) in [6, 6.07) is 16.2. The van der Waals surface area contributed by atoms with Crippen LogP contribution in [0.3, 0.4) is 0 Å². The summed E-state index contributed by atoms with van der Waals surface area (Å²) in [5.41, 5.74) is 3.06. The third kappa shape index (κ3) is 4.48. The van der Waals surface area contributed by atoms with E-state index in [0.29, 0.717) is 11.3 Å². The average molecular weight is 308 g/mol. The molecule has 2 amide bonds. The number of nitriles is 1. The average Bonchev–Trinajstić information content (AvgIpc) is 2.58. The van der Waals surface area contributed by atoms with Gasteiger partial charge in [-0.3, -0.25) is 0 Å². The topological polar surface area (TPSA) is 68.2 Å². The van der Waals surface area contributed by atoms with Crippen molar-refractivity contribution in [2.75, 3.05) is 28.6 Å². The van der Waals surface area contributed by atoms with E-state index >= 15 is 0 Å². The number of hydrogen-bond donors (Lipinski definition) is 2. The monoisotopic (exact) mass is 308 g/mol. The molecule has 2 aromatic rings. The van der Waals surface area contributed by atoms with E-state index in [9.17, 15) is 4.79 Å². The van der Waals surface area contributed by atoms with Crippen molar-refractivity contribution in [2.24, 2.45) is 0 Å². The van der Waals surface area contributed by atoms with Gasteiger partial charge in [-0.1, -0.05) is 0 Å². The van der Waals surface area contributed by atoms with Crippen LogP contribution in [0.15, 0.2) is 48.5 Å². The zero-order valence-corrected chi connectivity index (χ0v) is 13.3. The molecule has 0 aliphatic heterocycles. The van der Waals surface area contributed by atoms with E-state index in [1.165, 1.54) is 0 Å². The minimum absolute atomic E-state index is 0.315. The number of benzene rings is 2. The largest absolute Gasteiger partial charge is 0.372 e. The van der Waals surface area contributed by atoms with Crippen molar-refractivity contribution in [3.05, 3.63) is 54.1 Å². The minimum atomic E-state index is -0.315. The lowest BCUT2D eigenvalue weighted by molar-refractivity contribution is 0.262. The maximum absolute atomic E-state index is 12.0. The van der Waals surface area contributed by atoms with Crippen molar-refractivity contribution in [3.8, 4) is 6.07 Å². The van der Waals surface area contributed by atoms with Crippen LogP contribution >= 0.6 is 0 Å². The molecule has 23 heavy (non-hydrogen) atoms. The van der Waals surface area contributed by atoms with Crippen molar-refractivity contribution >= 4 is 23.1 Å². The molecular formula is C18H20N4O. The molecule has 2 aromatic carbocycles. The highest BCUT2D eigenvalue weighted by atomic mass is 16.2. The van der Waals surface area contributed by atoms with E-state index in [0.717, 1.165) is 24.5 Å². The summed E-state index contributed by atoms with van der Waals surface area (Å²) in [6.45, 7) is 6.12. The second kappa shape index (κ2) is 7.85.